The molecule has 0 atom stereocenters. The number of alkyl halides is 1. The second-order valence-electron chi connectivity index (χ2n) is 4.11. The normalized spacial score (nSPS) is 10.7. The molecule has 0 aliphatic rings. The molecule has 0 saturated carbocycles. The Hall–Kier alpha value is -1.21. The van der Waals surface area contributed by atoms with Crippen LogP contribution in [0.25, 0.3) is 5.69 Å². The van der Waals surface area contributed by atoms with Crippen molar-refractivity contribution < 1.29 is 4.92 Å². The number of hydrogen-bond donors (Lipinski definition) is 0. The van der Waals surface area contributed by atoms with Gasteiger partial charge in [0.15, 0.2) is 0 Å². The Morgan fingerprint density at radius 1 is 1.42 bits per heavy atom. The van der Waals surface area contributed by atoms with Gasteiger partial charge in [0.25, 0.3) is 5.69 Å². The fourth-order valence-corrected chi connectivity index (χ4v) is 2.43. The molecular weight excluding hydrogens is 378 g/mol. The van der Waals surface area contributed by atoms with Crippen LogP contribution in [0.3, 0.4) is 0 Å². The summed E-state index contributed by atoms with van der Waals surface area (Å²) in [6.07, 6.45) is 0. The largest absolute Gasteiger partial charge is 0.295 e. The SMILES string of the molecule is Cc1nn(-c2ccc(CBr)cc2[N+](=O)[O-])c(C)c1Br. The van der Waals surface area contributed by atoms with Crippen molar-refractivity contribution in [2.24, 2.45) is 0 Å². The van der Waals surface area contributed by atoms with Gasteiger partial charge in [-0.1, -0.05) is 22.0 Å². The number of nitrogens with zero attached hydrogens (tertiary/aromatic N) is 3. The number of benzene rings is 1. The van der Waals surface area contributed by atoms with Crippen LogP contribution in [-0.4, -0.2) is 14.7 Å². The van der Waals surface area contributed by atoms with Gasteiger partial charge in [0.1, 0.15) is 5.69 Å². The van der Waals surface area contributed by atoms with Crippen molar-refractivity contribution in [2.75, 3.05) is 0 Å². The van der Waals surface area contributed by atoms with Gasteiger partial charge in [-0.3, -0.25) is 10.1 Å². The van der Waals surface area contributed by atoms with Gasteiger partial charge in [-0.15, -0.1) is 0 Å². The summed E-state index contributed by atoms with van der Waals surface area (Å²) in [6.45, 7) is 3.72. The smallest absolute Gasteiger partial charge is 0.258 e. The topological polar surface area (TPSA) is 61.0 Å². The van der Waals surface area contributed by atoms with E-state index in [9.17, 15) is 10.1 Å². The molecule has 0 bridgehead atoms. The molecule has 0 radical (unpaired) electrons. The number of nitro benzene ring substituents is 1. The van der Waals surface area contributed by atoms with Crippen molar-refractivity contribution >= 4 is 37.5 Å². The minimum atomic E-state index is -0.383. The van der Waals surface area contributed by atoms with Crippen LogP contribution in [-0.2, 0) is 5.33 Å². The molecule has 0 unspecified atom stereocenters. The zero-order valence-corrected chi connectivity index (χ0v) is 13.5. The third-order valence-electron chi connectivity index (χ3n) is 2.82. The summed E-state index contributed by atoms with van der Waals surface area (Å²) in [4.78, 5) is 10.8. The Bertz CT molecular complexity index is 653. The van der Waals surface area contributed by atoms with E-state index in [1.54, 1.807) is 16.8 Å². The van der Waals surface area contributed by atoms with E-state index >= 15 is 0 Å². The zero-order valence-electron chi connectivity index (χ0n) is 10.4. The summed E-state index contributed by atoms with van der Waals surface area (Å²) < 4.78 is 2.46. The highest BCUT2D eigenvalue weighted by molar-refractivity contribution is 9.10. The monoisotopic (exact) mass is 387 g/mol. The van der Waals surface area contributed by atoms with Gasteiger partial charge >= 0.3 is 0 Å². The Balaban J connectivity index is 2.67. The predicted octanol–water partition coefficient (Wildman–Crippen LogP) is 4.05. The van der Waals surface area contributed by atoms with Gasteiger partial charge in [-0.05, 0) is 41.4 Å². The number of nitro groups is 1. The first-order valence-corrected chi connectivity index (χ1v) is 7.42. The standard InChI is InChI=1S/C12H11Br2N3O2/c1-7-12(14)8(2)16(15-7)10-4-3-9(6-13)5-11(10)17(18)19/h3-5H,6H2,1-2H3. The van der Waals surface area contributed by atoms with E-state index < -0.39 is 0 Å². The highest BCUT2D eigenvalue weighted by atomic mass is 79.9. The molecule has 19 heavy (non-hydrogen) atoms. The maximum absolute atomic E-state index is 11.2. The van der Waals surface area contributed by atoms with Crippen molar-refractivity contribution in [3.63, 3.8) is 0 Å². The van der Waals surface area contributed by atoms with E-state index in [0.717, 1.165) is 21.4 Å². The first kappa shape index (κ1) is 14.2. The Labute approximate surface area is 127 Å². The molecule has 0 aliphatic carbocycles. The lowest BCUT2D eigenvalue weighted by atomic mass is 10.2. The van der Waals surface area contributed by atoms with Crippen molar-refractivity contribution in [1.29, 1.82) is 0 Å². The Morgan fingerprint density at radius 3 is 2.58 bits per heavy atom. The fraction of sp³-hybridized carbons (Fsp3) is 0.250. The van der Waals surface area contributed by atoms with Crippen LogP contribution in [0.1, 0.15) is 17.0 Å². The van der Waals surface area contributed by atoms with Crippen LogP contribution in [0.4, 0.5) is 5.69 Å². The molecule has 0 saturated heterocycles. The van der Waals surface area contributed by atoms with Crippen LogP contribution in [0, 0.1) is 24.0 Å². The number of aryl methyl sites for hydroxylation is 1. The van der Waals surface area contributed by atoms with Crippen molar-refractivity contribution in [3.8, 4) is 5.69 Å². The predicted molar refractivity (Wildman–Crippen MR) is 80.0 cm³/mol. The maximum atomic E-state index is 11.2. The van der Waals surface area contributed by atoms with Gasteiger partial charge < -0.3 is 0 Å². The highest BCUT2D eigenvalue weighted by Crippen LogP contribution is 2.29. The van der Waals surface area contributed by atoms with E-state index in [2.05, 4.69) is 37.0 Å². The lowest BCUT2D eigenvalue weighted by Gasteiger charge is -2.06. The molecule has 7 heteroatoms. The molecule has 5 nitrogen and oxygen atoms in total. The van der Waals surface area contributed by atoms with Crippen LogP contribution >= 0.6 is 31.9 Å². The fourth-order valence-electron chi connectivity index (χ4n) is 1.84. The number of hydrogen-bond acceptors (Lipinski definition) is 3. The average molecular weight is 389 g/mol. The molecule has 100 valence electrons. The highest BCUT2D eigenvalue weighted by Gasteiger charge is 2.20. The van der Waals surface area contributed by atoms with E-state index in [4.69, 9.17) is 0 Å². The molecule has 1 aromatic heterocycles. The summed E-state index contributed by atoms with van der Waals surface area (Å²) >= 11 is 6.73. The van der Waals surface area contributed by atoms with E-state index in [0.29, 0.717) is 11.0 Å². The summed E-state index contributed by atoms with van der Waals surface area (Å²) in [5, 5.41) is 16.1. The average Bonchev–Trinajstić information content (AvgIpc) is 2.65. The summed E-state index contributed by atoms with van der Waals surface area (Å²) in [5.74, 6) is 0. The molecule has 1 aromatic carbocycles. The van der Waals surface area contributed by atoms with E-state index in [1.807, 2.05) is 19.9 Å². The van der Waals surface area contributed by atoms with Gasteiger partial charge in [0.05, 0.1) is 20.8 Å². The third kappa shape index (κ3) is 2.57. The molecule has 0 amide bonds. The van der Waals surface area contributed by atoms with Crippen molar-refractivity contribution in [3.05, 3.63) is 49.7 Å². The van der Waals surface area contributed by atoms with Gasteiger partial charge in [-0.2, -0.15) is 5.10 Å². The van der Waals surface area contributed by atoms with Crippen molar-refractivity contribution in [1.82, 2.24) is 9.78 Å². The third-order valence-corrected chi connectivity index (χ3v) is 4.62. The maximum Gasteiger partial charge on any atom is 0.295 e. The van der Waals surface area contributed by atoms with Crippen LogP contribution < -0.4 is 0 Å². The second kappa shape index (κ2) is 5.42. The van der Waals surface area contributed by atoms with Crippen LogP contribution in [0.5, 0.6) is 0 Å². The summed E-state index contributed by atoms with van der Waals surface area (Å²) in [7, 11) is 0. The minimum absolute atomic E-state index is 0.0510. The lowest BCUT2D eigenvalue weighted by molar-refractivity contribution is -0.384. The molecular formula is C12H11Br2N3O2. The van der Waals surface area contributed by atoms with Gasteiger partial charge in [0.2, 0.25) is 0 Å². The van der Waals surface area contributed by atoms with E-state index in [1.165, 1.54) is 0 Å². The molecule has 0 spiro atoms. The molecule has 0 fully saturated rings. The lowest BCUT2D eigenvalue weighted by Crippen LogP contribution is -2.04. The first-order chi connectivity index (χ1) is 8.95. The minimum Gasteiger partial charge on any atom is -0.258 e. The first-order valence-electron chi connectivity index (χ1n) is 5.51. The number of aromatic nitrogens is 2. The van der Waals surface area contributed by atoms with Crippen LogP contribution in [0.2, 0.25) is 0 Å². The molecule has 1 heterocycles. The Kier molecular flexibility index (Phi) is 4.05. The van der Waals surface area contributed by atoms with Crippen LogP contribution in [0.15, 0.2) is 22.7 Å². The summed E-state index contributed by atoms with van der Waals surface area (Å²) in [5.41, 5.74) is 3.02. The number of rotatable bonds is 3. The molecule has 0 aliphatic heterocycles. The van der Waals surface area contributed by atoms with E-state index in [-0.39, 0.29) is 10.6 Å². The van der Waals surface area contributed by atoms with Crippen molar-refractivity contribution in [2.45, 2.75) is 19.2 Å². The molecule has 2 aromatic rings. The van der Waals surface area contributed by atoms with Gasteiger partial charge in [-0.25, -0.2) is 4.68 Å². The Morgan fingerprint density at radius 2 is 2.11 bits per heavy atom. The molecule has 0 N–H and O–H groups in total. The quantitative estimate of drug-likeness (QED) is 0.452. The number of halogens is 2. The molecule has 2 rings (SSSR count). The second-order valence-corrected chi connectivity index (χ2v) is 5.46. The summed E-state index contributed by atoms with van der Waals surface area (Å²) in [6, 6.07) is 5.14. The zero-order chi connectivity index (χ0) is 14.2. The van der Waals surface area contributed by atoms with Gasteiger partial charge in [0, 0.05) is 11.4 Å².